The Morgan fingerprint density at radius 2 is 1.65 bits per heavy atom. The maximum atomic E-state index is 14.2. The van der Waals surface area contributed by atoms with Gasteiger partial charge < -0.3 is 26.0 Å². The number of nitrogen functional groups attached to an aromatic ring is 1. The minimum Gasteiger partial charge on any atom is -0.480 e. The summed E-state index contributed by atoms with van der Waals surface area (Å²) >= 11 is 1.07. The number of benzene rings is 1. The van der Waals surface area contributed by atoms with Gasteiger partial charge in [0.05, 0.1) is 6.04 Å². The van der Waals surface area contributed by atoms with Crippen LogP contribution in [0.5, 0.6) is 5.75 Å². The fraction of sp³-hybridized carbons (Fsp3) is 0.360. The molecule has 2 heterocycles. The summed E-state index contributed by atoms with van der Waals surface area (Å²) in [6.45, 7) is 0.743. The lowest BCUT2D eigenvalue weighted by Crippen LogP contribution is -2.51. The van der Waals surface area contributed by atoms with Crippen molar-refractivity contribution in [3.63, 3.8) is 0 Å². The van der Waals surface area contributed by atoms with Gasteiger partial charge in [-0.3, -0.25) is 19.7 Å². The number of likely N-dealkylation sites (tertiary alicyclic amines) is 1. The van der Waals surface area contributed by atoms with E-state index in [0.29, 0.717) is 24.3 Å². The lowest BCUT2D eigenvalue weighted by molar-refractivity contribution is -0.234. The molecule has 1 aliphatic rings. The van der Waals surface area contributed by atoms with Crippen LogP contribution in [0.15, 0.2) is 30.3 Å². The molecule has 51 heavy (non-hydrogen) atoms. The number of amidine groups is 1. The lowest BCUT2D eigenvalue weighted by atomic mass is 10.2. The number of carboxylic acid groups (broad SMARTS) is 2. The van der Waals surface area contributed by atoms with Gasteiger partial charge in [0.15, 0.2) is 11.6 Å². The summed E-state index contributed by atoms with van der Waals surface area (Å²) in [5.74, 6) is -11.4. The predicted octanol–water partition coefficient (Wildman–Crippen LogP) is 2.42. The molecule has 0 bridgehead atoms. The normalized spacial score (nSPS) is 15.2. The van der Waals surface area contributed by atoms with E-state index >= 15 is 0 Å². The quantitative estimate of drug-likeness (QED) is 0.0505. The maximum Gasteiger partial charge on any atom is 0.494 e. The lowest BCUT2D eigenvalue weighted by Gasteiger charge is -2.24. The third kappa shape index (κ3) is 15.2. The van der Waals surface area contributed by atoms with E-state index in [1.54, 1.807) is 11.0 Å². The number of esters is 1. The minimum absolute atomic E-state index is 0.141. The Morgan fingerprint density at radius 3 is 2.08 bits per heavy atom. The van der Waals surface area contributed by atoms with E-state index in [-0.39, 0.29) is 28.6 Å². The number of nitrogens with one attached hydrogen (secondary N) is 2. The maximum absolute atomic E-state index is 14.2. The number of carboxylic acids is 2. The molecule has 1 amide bonds. The van der Waals surface area contributed by atoms with Gasteiger partial charge in [0.2, 0.25) is 5.91 Å². The first-order valence-corrected chi connectivity index (χ1v) is 15.6. The zero-order chi connectivity index (χ0) is 39.5. The summed E-state index contributed by atoms with van der Waals surface area (Å²) in [5.41, 5.74) is 5.45. The molecule has 2 atom stereocenters. The molecule has 16 nitrogen and oxygen atoms in total. The van der Waals surface area contributed by atoms with Crippen LogP contribution in [0.2, 0.25) is 0 Å². The van der Waals surface area contributed by atoms with Gasteiger partial charge in [0, 0.05) is 21.5 Å². The molecule has 0 aliphatic carbocycles. The predicted molar refractivity (Wildman–Crippen MR) is 153 cm³/mol. The van der Waals surface area contributed by atoms with Crippen molar-refractivity contribution in [2.75, 3.05) is 12.3 Å². The third-order valence-corrected chi connectivity index (χ3v) is 7.67. The summed E-state index contributed by atoms with van der Waals surface area (Å²) in [6, 6.07) is 4.11. The first-order chi connectivity index (χ1) is 23.3. The Hall–Kier alpha value is -4.95. The Balaban J connectivity index is 0.000000722. The molecule has 0 radical (unpaired) electrons. The van der Waals surface area contributed by atoms with Gasteiger partial charge >= 0.3 is 36.2 Å². The van der Waals surface area contributed by atoms with Crippen molar-refractivity contribution in [2.24, 2.45) is 5.73 Å². The van der Waals surface area contributed by atoms with E-state index in [0.717, 1.165) is 17.4 Å². The van der Waals surface area contributed by atoms with Crippen LogP contribution in [0.25, 0.3) is 0 Å². The van der Waals surface area contributed by atoms with Gasteiger partial charge in [-0.05, 0) is 49.7 Å². The molecular formula is C25H24F8N4O12S2. The summed E-state index contributed by atoms with van der Waals surface area (Å²) in [7, 11) is -4.63. The molecule has 1 fully saturated rings. The van der Waals surface area contributed by atoms with Crippen LogP contribution in [0.4, 0.5) is 35.3 Å². The average molecular weight is 789 g/mol. The van der Waals surface area contributed by atoms with E-state index < -0.39 is 75.9 Å². The smallest absolute Gasteiger partial charge is 0.480 e. The molecule has 1 aliphatic heterocycles. The first-order valence-electron chi connectivity index (χ1n) is 13.1. The molecule has 1 saturated heterocycles. The zero-order valence-electron chi connectivity index (χ0n) is 25.0. The van der Waals surface area contributed by atoms with E-state index in [4.69, 9.17) is 40.2 Å². The average Bonchev–Trinajstić information content (AvgIpc) is 3.66. The molecule has 0 saturated carbocycles. The fourth-order valence-electron chi connectivity index (χ4n) is 3.68. The molecule has 7 N–H and O–H groups in total. The number of amides is 1. The van der Waals surface area contributed by atoms with Gasteiger partial charge in [-0.2, -0.15) is 34.8 Å². The van der Waals surface area contributed by atoms with Crippen LogP contribution in [0, 0.1) is 11.2 Å². The SMILES string of the molecule is N=C(N)c1ccc(OC(=O)c2ccc(CN3CCC[C@H]3C(=O)N[C@@H](CS(=O)(=O)O)C(=O)O)s2)c(F)c1.O=C(O)C(F)(F)F.O=C(OF)C(F)(F)F. The number of rotatable bonds is 10. The second-order valence-electron chi connectivity index (χ2n) is 9.66. The molecule has 3 rings (SSSR count). The third-order valence-electron chi connectivity index (χ3n) is 5.87. The number of thiophene rings is 1. The highest BCUT2D eigenvalue weighted by atomic mass is 32.2. The largest absolute Gasteiger partial charge is 0.494 e. The van der Waals surface area contributed by atoms with Crippen molar-refractivity contribution in [2.45, 2.75) is 43.8 Å². The topological polar surface area (TPSA) is 264 Å². The summed E-state index contributed by atoms with van der Waals surface area (Å²) < 4.78 is 125. The second-order valence-corrected chi connectivity index (χ2v) is 12.3. The molecular weight excluding hydrogens is 764 g/mol. The van der Waals surface area contributed by atoms with Crippen molar-refractivity contribution < 1.29 is 92.1 Å². The molecule has 1 aromatic heterocycles. The van der Waals surface area contributed by atoms with E-state index in [1.165, 1.54) is 18.2 Å². The number of nitrogens with zero attached hydrogens (tertiary/aromatic N) is 1. The number of halogens is 8. The number of alkyl halides is 6. The van der Waals surface area contributed by atoms with Gasteiger partial charge in [-0.15, -0.1) is 11.3 Å². The van der Waals surface area contributed by atoms with E-state index in [1.807, 2.05) is 4.94 Å². The molecule has 2 aromatic rings. The number of carbonyl (C=O) groups excluding carboxylic acids is 3. The number of nitrogens with two attached hydrogens (primary N) is 1. The van der Waals surface area contributed by atoms with Crippen molar-refractivity contribution in [3.05, 3.63) is 51.5 Å². The van der Waals surface area contributed by atoms with Crippen LogP contribution in [0.3, 0.4) is 0 Å². The van der Waals surface area contributed by atoms with Gasteiger partial charge in [-0.25, -0.2) is 28.5 Å². The van der Waals surface area contributed by atoms with Crippen LogP contribution in [-0.2, 0) is 40.8 Å². The number of hydrogen-bond acceptors (Lipinski definition) is 12. The Bertz CT molecular complexity index is 1720. The van der Waals surface area contributed by atoms with Crippen molar-refractivity contribution in [1.29, 1.82) is 5.41 Å². The highest BCUT2D eigenvalue weighted by Crippen LogP contribution is 2.26. The number of hydrogen-bond donors (Lipinski definition) is 6. The van der Waals surface area contributed by atoms with E-state index in [2.05, 4.69) is 5.32 Å². The fourth-order valence-corrected chi connectivity index (χ4v) is 5.24. The van der Waals surface area contributed by atoms with Gasteiger partial charge in [0.1, 0.15) is 22.5 Å². The molecule has 1 aromatic carbocycles. The zero-order valence-corrected chi connectivity index (χ0v) is 26.6. The minimum atomic E-state index is -5.23. The number of aliphatic carboxylic acids is 2. The van der Waals surface area contributed by atoms with E-state index in [9.17, 15) is 58.1 Å². The van der Waals surface area contributed by atoms with Crippen molar-refractivity contribution in [3.8, 4) is 5.75 Å². The Morgan fingerprint density at radius 1 is 1.06 bits per heavy atom. The number of ether oxygens (including phenoxy) is 1. The van der Waals surface area contributed by atoms with Gasteiger partial charge in [-0.1, -0.05) is 0 Å². The molecule has 26 heteroatoms. The van der Waals surface area contributed by atoms with Crippen LogP contribution in [0.1, 0.15) is 33.0 Å². The molecule has 284 valence electrons. The highest BCUT2D eigenvalue weighted by Gasteiger charge is 2.42. The molecule has 0 spiro atoms. The summed E-state index contributed by atoms with van der Waals surface area (Å²) in [4.78, 5) is 58.9. The monoisotopic (exact) mass is 788 g/mol. The number of carbonyl (C=O) groups is 5. The second kappa shape index (κ2) is 18.3. The van der Waals surface area contributed by atoms with Crippen molar-refractivity contribution in [1.82, 2.24) is 10.2 Å². The Kier molecular flexibility index (Phi) is 15.8. The summed E-state index contributed by atoms with van der Waals surface area (Å²) in [5, 5.41) is 25.8. The van der Waals surface area contributed by atoms with Crippen LogP contribution < -0.4 is 15.8 Å². The summed E-state index contributed by atoms with van der Waals surface area (Å²) in [6.07, 6.45) is -9.28. The van der Waals surface area contributed by atoms with Crippen LogP contribution >= 0.6 is 11.3 Å². The highest BCUT2D eigenvalue weighted by molar-refractivity contribution is 7.85. The first kappa shape index (κ1) is 44.1. The standard InChI is InChI=1S/C21H23FN4O8S2.C2F4O2.C2HF3O2/c22-13-8-11(18(23)24)3-5-16(13)34-21(30)17-6-4-12(35-17)9-26-7-1-2-15(26)19(27)25-14(20(28)29)10-36(31,32)33;3-2(4,5)1(7)8-6;3-2(4,5)1(6)7/h3-6,8,14-15H,1-2,7,9-10H2,(H3,23,24)(H,25,27)(H,28,29)(H,31,32,33);;(H,6,7)/t14-,15-;;/m0../s1. The van der Waals surface area contributed by atoms with Gasteiger partial charge in [0.25, 0.3) is 10.1 Å². The van der Waals surface area contributed by atoms with Crippen LogP contribution in [-0.4, -0.2) is 100 Å². The van der Waals surface area contributed by atoms with Crippen molar-refractivity contribution >= 4 is 57.1 Å². The molecule has 0 unspecified atom stereocenters. The Labute approximate surface area is 283 Å².